The number of aliphatic hydroxyl groups is 1. The average molecular weight is 248 g/mol. The van der Waals surface area contributed by atoms with Crippen LogP contribution < -0.4 is 11.5 Å². The number of aliphatic hydroxyl groups excluding tert-OH is 1. The van der Waals surface area contributed by atoms with Crippen LogP contribution in [0.2, 0.25) is 25.7 Å². The minimum absolute atomic E-state index is 0.167. The van der Waals surface area contributed by atoms with Crippen LogP contribution in [0.4, 0.5) is 4.79 Å². The minimum atomic E-state index is -1.14. The van der Waals surface area contributed by atoms with Gasteiger partial charge in [-0.05, 0) is 12.8 Å². The summed E-state index contributed by atoms with van der Waals surface area (Å²) in [7, 11) is -1.14. The van der Waals surface area contributed by atoms with Crippen molar-refractivity contribution < 1.29 is 14.6 Å². The van der Waals surface area contributed by atoms with Crippen molar-refractivity contribution in [1.82, 2.24) is 0 Å². The molecule has 2 unspecified atom stereocenters. The van der Waals surface area contributed by atoms with Gasteiger partial charge in [-0.1, -0.05) is 25.7 Å². The molecule has 0 aliphatic carbocycles. The van der Waals surface area contributed by atoms with Crippen LogP contribution in [0.3, 0.4) is 0 Å². The Hall–Kier alpha value is -0.593. The fraction of sp³-hybridized carbons (Fsp3) is 0.900. The maximum absolute atomic E-state index is 10.3. The fourth-order valence-electron chi connectivity index (χ4n) is 1.28. The van der Waals surface area contributed by atoms with E-state index in [0.29, 0.717) is 12.8 Å². The van der Waals surface area contributed by atoms with Crippen molar-refractivity contribution in [1.29, 1.82) is 0 Å². The Morgan fingerprint density at radius 1 is 1.38 bits per heavy atom. The highest BCUT2D eigenvalue weighted by atomic mass is 28.3. The van der Waals surface area contributed by atoms with Crippen molar-refractivity contribution in [3.63, 3.8) is 0 Å². The third kappa shape index (κ3) is 8.69. The quantitative estimate of drug-likeness (QED) is 0.583. The molecule has 0 heterocycles. The lowest BCUT2D eigenvalue weighted by Crippen LogP contribution is -2.37. The van der Waals surface area contributed by atoms with E-state index < -0.39 is 20.3 Å². The number of ether oxygens (including phenoxy) is 1. The number of carbonyl (C=O) groups excluding carboxylic acids is 1. The summed E-state index contributed by atoms with van der Waals surface area (Å²) in [6.07, 6.45) is -0.171. The zero-order valence-electron chi connectivity index (χ0n) is 10.4. The molecule has 0 saturated heterocycles. The second-order valence-corrected chi connectivity index (χ2v) is 10.9. The highest BCUT2D eigenvalue weighted by Crippen LogP contribution is 2.14. The van der Waals surface area contributed by atoms with Gasteiger partial charge in [0, 0.05) is 14.1 Å². The Morgan fingerprint density at radius 3 is 2.38 bits per heavy atom. The molecule has 0 rings (SSSR count). The van der Waals surface area contributed by atoms with E-state index >= 15 is 0 Å². The van der Waals surface area contributed by atoms with Gasteiger partial charge >= 0.3 is 6.09 Å². The third-order valence-electron chi connectivity index (χ3n) is 2.38. The molecule has 5 N–H and O–H groups in total. The summed E-state index contributed by atoms with van der Waals surface area (Å²) in [6, 6.07) is 0.689. The van der Waals surface area contributed by atoms with Crippen LogP contribution in [-0.2, 0) is 4.74 Å². The Labute approximate surface area is 98.2 Å². The van der Waals surface area contributed by atoms with Crippen LogP contribution >= 0.6 is 0 Å². The molecule has 0 aliphatic heterocycles. The summed E-state index contributed by atoms with van der Waals surface area (Å²) in [4.78, 5) is 10.3. The van der Waals surface area contributed by atoms with Gasteiger partial charge in [-0.2, -0.15) is 0 Å². The van der Waals surface area contributed by atoms with Gasteiger partial charge in [0.1, 0.15) is 0 Å². The van der Waals surface area contributed by atoms with Crippen LogP contribution in [0.15, 0.2) is 0 Å². The molecule has 2 atom stereocenters. The number of hydrogen-bond donors (Lipinski definition) is 3. The van der Waals surface area contributed by atoms with Gasteiger partial charge in [0.25, 0.3) is 0 Å². The van der Waals surface area contributed by atoms with E-state index in [-0.39, 0.29) is 12.6 Å². The summed E-state index contributed by atoms with van der Waals surface area (Å²) in [6.45, 7) is 6.92. The monoisotopic (exact) mass is 248 g/mol. The predicted molar refractivity (Wildman–Crippen MR) is 66.9 cm³/mol. The molecule has 1 amide bonds. The lowest BCUT2D eigenvalue weighted by Gasteiger charge is -2.22. The molecule has 6 heteroatoms. The molecule has 0 aliphatic rings. The largest absolute Gasteiger partial charge is 0.450 e. The summed E-state index contributed by atoms with van der Waals surface area (Å²) >= 11 is 0. The highest BCUT2D eigenvalue weighted by molar-refractivity contribution is 6.76. The zero-order valence-corrected chi connectivity index (χ0v) is 11.4. The number of carbonyl (C=O) groups is 1. The van der Waals surface area contributed by atoms with Crippen molar-refractivity contribution in [2.24, 2.45) is 11.5 Å². The summed E-state index contributed by atoms with van der Waals surface area (Å²) < 4.78 is 4.56. The first-order valence-corrected chi connectivity index (χ1v) is 9.29. The molecule has 5 nitrogen and oxygen atoms in total. The topological polar surface area (TPSA) is 98.6 Å². The molecule has 0 aromatic rings. The van der Waals surface area contributed by atoms with Crippen LogP contribution in [0.25, 0.3) is 0 Å². The second kappa shape index (κ2) is 6.88. The molecule has 96 valence electrons. The lowest BCUT2D eigenvalue weighted by molar-refractivity contribution is 0.112. The number of nitrogens with two attached hydrogens (primary N) is 2. The third-order valence-corrected chi connectivity index (χ3v) is 4.17. The molecule has 0 spiro atoms. The van der Waals surface area contributed by atoms with Gasteiger partial charge in [0.2, 0.25) is 0 Å². The molecule has 0 aromatic carbocycles. The van der Waals surface area contributed by atoms with Crippen molar-refractivity contribution in [2.75, 3.05) is 6.61 Å². The lowest BCUT2D eigenvalue weighted by atomic mass is 10.1. The molecular weight excluding hydrogens is 224 g/mol. The van der Waals surface area contributed by atoms with Gasteiger partial charge < -0.3 is 21.3 Å². The Kier molecular flexibility index (Phi) is 6.62. The molecule has 0 radical (unpaired) electrons. The van der Waals surface area contributed by atoms with Crippen LogP contribution in [0.1, 0.15) is 12.8 Å². The SMILES string of the molecule is C[Si](C)(C)CCC(O)C(N)CCOC(N)=O. The average Bonchev–Trinajstić information content (AvgIpc) is 2.12. The fourth-order valence-corrected chi connectivity index (χ4v) is 2.44. The first kappa shape index (κ1) is 15.4. The maximum Gasteiger partial charge on any atom is 0.404 e. The van der Waals surface area contributed by atoms with Gasteiger partial charge in [-0.15, -0.1) is 0 Å². The maximum atomic E-state index is 10.3. The van der Waals surface area contributed by atoms with Gasteiger partial charge in [0.15, 0.2) is 0 Å². The first-order valence-electron chi connectivity index (χ1n) is 5.58. The molecule has 16 heavy (non-hydrogen) atoms. The Morgan fingerprint density at radius 2 is 1.94 bits per heavy atom. The summed E-state index contributed by atoms with van der Waals surface area (Å²) in [5.41, 5.74) is 10.6. The summed E-state index contributed by atoms with van der Waals surface area (Å²) in [5, 5.41) is 9.77. The van der Waals surface area contributed by atoms with Gasteiger partial charge in [-0.25, -0.2) is 4.79 Å². The molecule has 0 bridgehead atoms. The van der Waals surface area contributed by atoms with Crippen molar-refractivity contribution in [3.05, 3.63) is 0 Å². The number of amides is 1. The number of rotatable bonds is 7. The molecule has 0 aromatic heterocycles. The normalized spacial score (nSPS) is 15.6. The van der Waals surface area contributed by atoms with E-state index in [1.165, 1.54) is 0 Å². The van der Waals surface area contributed by atoms with Gasteiger partial charge in [0.05, 0.1) is 12.7 Å². The predicted octanol–water partition coefficient (Wildman–Crippen LogP) is 0.888. The molecule has 0 fully saturated rings. The standard InChI is InChI=1S/C10H24N2O3Si/c1-16(2,3)7-5-9(13)8(11)4-6-15-10(12)14/h8-9,13H,4-7,11H2,1-3H3,(H2,12,14). The van der Waals surface area contributed by atoms with Crippen LogP contribution in [0, 0.1) is 0 Å². The first-order chi connectivity index (χ1) is 7.22. The number of hydrogen-bond acceptors (Lipinski definition) is 4. The van der Waals surface area contributed by atoms with Crippen molar-refractivity contribution >= 4 is 14.2 Å². The van der Waals surface area contributed by atoms with Crippen LogP contribution in [0.5, 0.6) is 0 Å². The van der Waals surface area contributed by atoms with E-state index in [0.717, 1.165) is 6.04 Å². The van der Waals surface area contributed by atoms with Crippen molar-refractivity contribution in [2.45, 2.75) is 50.7 Å². The smallest absolute Gasteiger partial charge is 0.404 e. The number of primary amides is 1. The van der Waals surface area contributed by atoms with E-state index in [1.54, 1.807) is 0 Å². The van der Waals surface area contributed by atoms with Crippen LogP contribution in [-0.4, -0.2) is 38.0 Å². The van der Waals surface area contributed by atoms with E-state index in [2.05, 4.69) is 24.4 Å². The molecule has 0 saturated carbocycles. The summed E-state index contributed by atoms with van der Waals surface area (Å²) in [5.74, 6) is 0. The second-order valence-electron chi connectivity index (χ2n) is 5.29. The Bertz CT molecular complexity index is 219. The van der Waals surface area contributed by atoms with Crippen molar-refractivity contribution in [3.8, 4) is 0 Å². The van der Waals surface area contributed by atoms with E-state index in [4.69, 9.17) is 11.5 Å². The highest BCUT2D eigenvalue weighted by Gasteiger charge is 2.19. The van der Waals surface area contributed by atoms with E-state index in [9.17, 15) is 9.90 Å². The Balaban J connectivity index is 3.73. The van der Waals surface area contributed by atoms with Gasteiger partial charge in [-0.3, -0.25) is 0 Å². The van der Waals surface area contributed by atoms with E-state index in [1.807, 2.05) is 0 Å². The zero-order chi connectivity index (χ0) is 12.8. The minimum Gasteiger partial charge on any atom is -0.450 e. The molecular formula is C10H24N2O3Si.